The first-order chi connectivity index (χ1) is 12.7. The molecule has 1 aromatic rings. The van der Waals surface area contributed by atoms with Crippen LogP contribution in [0.4, 0.5) is 5.69 Å². The van der Waals surface area contributed by atoms with Gasteiger partial charge in [-0.3, -0.25) is 9.59 Å². The second-order valence-corrected chi connectivity index (χ2v) is 9.22. The molecule has 1 fully saturated rings. The first kappa shape index (κ1) is 19.6. The summed E-state index contributed by atoms with van der Waals surface area (Å²) in [5.74, 6) is -0.403. The minimum absolute atomic E-state index is 0.0136. The van der Waals surface area contributed by atoms with Crippen LogP contribution in [0.5, 0.6) is 5.75 Å². The summed E-state index contributed by atoms with van der Waals surface area (Å²) in [6, 6.07) is 3.07. The summed E-state index contributed by atoms with van der Waals surface area (Å²) in [6.07, 6.45) is 1.30. The molecule has 0 saturated carbocycles. The predicted octanol–water partition coefficient (Wildman–Crippen LogP) is 1.25. The number of nitrogens with one attached hydrogen (secondary N) is 2. The van der Waals surface area contributed by atoms with Crippen molar-refractivity contribution >= 4 is 27.5 Å². The van der Waals surface area contributed by atoms with Gasteiger partial charge in [0.1, 0.15) is 5.75 Å². The number of hydrogen-bond donors (Lipinski definition) is 2. The molecule has 148 valence electrons. The van der Waals surface area contributed by atoms with E-state index in [2.05, 4.69) is 10.6 Å². The number of amides is 2. The third-order valence-corrected chi connectivity index (χ3v) is 6.72. The van der Waals surface area contributed by atoms with Crippen LogP contribution in [0.3, 0.4) is 0 Å². The quantitative estimate of drug-likeness (QED) is 0.798. The van der Waals surface area contributed by atoms with Gasteiger partial charge in [-0.2, -0.15) is 4.31 Å². The lowest BCUT2D eigenvalue weighted by atomic mass is 9.98. The molecule has 2 N–H and O–H groups in total. The Labute approximate surface area is 159 Å². The van der Waals surface area contributed by atoms with Crippen LogP contribution in [0, 0.1) is 12.8 Å². The van der Waals surface area contributed by atoms with E-state index in [1.54, 1.807) is 13.0 Å². The second kappa shape index (κ2) is 7.47. The van der Waals surface area contributed by atoms with Gasteiger partial charge in [-0.25, -0.2) is 8.42 Å². The van der Waals surface area contributed by atoms with Crippen LogP contribution in [-0.2, 0) is 19.6 Å². The first-order valence-electron chi connectivity index (χ1n) is 9.06. The molecule has 0 unspecified atom stereocenters. The second-order valence-electron chi connectivity index (χ2n) is 7.32. The average molecular weight is 395 g/mol. The number of sulfonamides is 1. The Morgan fingerprint density at radius 3 is 2.81 bits per heavy atom. The summed E-state index contributed by atoms with van der Waals surface area (Å²) < 4.78 is 33.1. The van der Waals surface area contributed by atoms with Gasteiger partial charge in [0.25, 0.3) is 5.91 Å². The number of nitrogens with zero attached hydrogens (tertiary/aromatic N) is 1. The molecule has 27 heavy (non-hydrogen) atoms. The molecule has 0 spiro atoms. The zero-order valence-electron chi connectivity index (χ0n) is 15.7. The van der Waals surface area contributed by atoms with Crippen molar-refractivity contribution in [1.82, 2.24) is 9.62 Å². The average Bonchev–Trinajstić information content (AvgIpc) is 2.60. The molecule has 1 saturated heterocycles. The maximum atomic E-state index is 13.2. The lowest BCUT2D eigenvalue weighted by molar-refractivity contribution is -0.126. The van der Waals surface area contributed by atoms with Gasteiger partial charge in [-0.1, -0.05) is 0 Å². The number of piperidine rings is 1. The maximum absolute atomic E-state index is 13.2. The number of hydrogen-bond acceptors (Lipinski definition) is 5. The van der Waals surface area contributed by atoms with E-state index >= 15 is 0 Å². The van der Waals surface area contributed by atoms with Gasteiger partial charge in [0.15, 0.2) is 6.61 Å². The van der Waals surface area contributed by atoms with Crippen molar-refractivity contribution in [3.8, 4) is 5.75 Å². The first-order valence-corrected chi connectivity index (χ1v) is 10.5. The number of carbonyl (C=O) groups is 2. The van der Waals surface area contributed by atoms with E-state index in [9.17, 15) is 18.0 Å². The van der Waals surface area contributed by atoms with E-state index in [1.807, 2.05) is 13.8 Å². The fourth-order valence-corrected chi connectivity index (χ4v) is 5.16. The molecular weight excluding hydrogens is 370 g/mol. The molecule has 2 amide bonds. The van der Waals surface area contributed by atoms with Gasteiger partial charge in [-0.05, 0) is 45.2 Å². The largest absolute Gasteiger partial charge is 0.482 e. The summed E-state index contributed by atoms with van der Waals surface area (Å²) in [5.41, 5.74) is 0.990. The van der Waals surface area contributed by atoms with Crippen molar-refractivity contribution in [3.05, 3.63) is 17.7 Å². The standard InChI is InChI=1S/C18H25N3O5S/c1-11(2)19-18(23)13-5-4-6-21(9-13)27(24,25)16-8-15-14(7-12(16)3)20-17(22)10-26-15/h7-8,11,13H,4-6,9-10H2,1-3H3,(H,19,23)(H,20,22)/t13-/m0/s1. The van der Waals surface area contributed by atoms with Crippen LogP contribution in [0.15, 0.2) is 17.0 Å². The number of ether oxygens (including phenoxy) is 1. The Morgan fingerprint density at radius 1 is 1.37 bits per heavy atom. The van der Waals surface area contributed by atoms with E-state index < -0.39 is 10.0 Å². The molecule has 2 aliphatic heterocycles. The Kier molecular flexibility index (Phi) is 5.43. The monoisotopic (exact) mass is 395 g/mol. The summed E-state index contributed by atoms with van der Waals surface area (Å²) in [7, 11) is -3.77. The molecule has 8 nitrogen and oxygen atoms in total. The van der Waals surface area contributed by atoms with Crippen molar-refractivity contribution in [3.63, 3.8) is 0 Å². The lowest BCUT2D eigenvalue weighted by Gasteiger charge is -2.32. The van der Waals surface area contributed by atoms with Crippen molar-refractivity contribution in [2.75, 3.05) is 25.0 Å². The molecule has 2 aliphatic rings. The van der Waals surface area contributed by atoms with E-state index in [0.717, 1.165) is 0 Å². The number of aryl methyl sites for hydroxylation is 1. The molecule has 1 aromatic carbocycles. The normalized spacial score (nSPS) is 20.6. The molecular formula is C18H25N3O5S. The topological polar surface area (TPSA) is 105 Å². The maximum Gasteiger partial charge on any atom is 0.262 e. The molecule has 3 rings (SSSR count). The SMILES string of the molecule is Cc1cc2c(cc1S(=O)(=O)N1CCC[C@H](C(=O)NC(C)C)C1)OCC(=O)N2. The summed E-state index contributed by atoms with van der Waals surface area (Å²) in [6.45, 7) is 5.84. The van der Waals surface area contributed by atoms with E-state index in [1.165, 1.54) is 10.4 Å². The highest BCUT2D eigenvalue weighted by atomic mass is 32.2. The van der Waals surface area contributed by atoms with E-state index in [-0.39, 0.29) is 41.8 Å². The molecule has 0 bridgehead atoms. The minimum Gasteiger partial charge on any atom is -0.482 e. The molecule has 1 atom stereocenters. The smallest absolute Gasteiger partial charge is 0.262 e. The van der Waals surface area contributed by atoms with Gasteiger partial charge >= 0.3 is 0 Å². The van der Waals surface area contributed by atoms with Crippen LogP contribution in [0.1, 0.15) is 32.3 Å². The highest BCUT2D eigenvalue weighted by Crippen LogP contribution is 2.35. The highest BCUT2D eigenvalue weighted by Gasteiger charge is 2.35. The predicted molar refractivity (Wildman–Crippen MR) is 100 cm³/mol. The number of fused-ring (bicyclic) bond motifs is 1. The third-order valence-electron chi connectivity index (χ3n) is 4.71. The van der Waals surface area contributed by atoms with Gasteiger partial charge in [0.2, 0.25) is 15.9 Å². The molecule has 0 radical (unpaired) electrons. The molecule has 0 aliphatic carbocycles. The number of benzene rings is 1. The van der Waals surface area contributed by atoms with Crippen LogP contribution in [-0.4, -0.2) is 50.3 Å². The van der Waals surface area contributed by atoms with Gasteiger partial charge in [0, 0.05) is 25.2 Å². The summed E-state index contributed by atoms with van der Waals surface area (Å²) in [4.78, 5) is 23.9. The number of anilines is 1. The Bertz CT molecular complexity index is 866. The highest BCUT2D eigenvalue weighted by molar-refractivity contribution is 7.89. The Morgan fingerprint density at radius 2 is 2.11 bits per heavy atom. The van der Waals surface area contributed by atoms with Gasteiger partial charge in [-0.15, -0.1) is 0 Å². The Balaban J connectivity index is 1.86. The lowest BCUT2D eigenvalue weighted by Crippen LogP contribution is -2.46. The molecule has 0 aromatic heterocycles. The summed E-state index contributed by atoms with van der Waals surface area (Å²) >= 11 is 0. The number of carbonyl (C=O) groups excluding carboxylic acids is 2. The van der Waals surface area contributed by atoms with Crippen LogP contribution >= 0.6 is 0 Å². The van der Waals surface area contributed by atoms with Gasteiger partial charge < -0.3 is 15.4 Å². The van der Waals surface area contributed by atoms with Crippen molar-refractivity contribution in [2.24, 2.45) is 5.92 Å². The molecule has 9 heteroatoms. The van der Waals surface area contributed by atoms with E-state index in [0.29, 0.717) is 36.4 Å². The third kappa shape index (κ3) is 4.08. The van der Waals surface area contributed by atoms with Crippen LogP contribution < -0.4 is 15.4 Å². The minimum atomic E-state index is -3.77. The fourth-order valence-electron chi connectivity index (χ4n) is 3.41. The number of rotatable bonds is 4. The van der Waals surface area contributed by atoms with Crippen LogP contribution in [0.2, 0.25) is 0 Å². The summed E-state index contributed by atoms with van der Waals surface area (Å²) in [5, 5.41) is 5.53. The van der Waals surface area contributed by atoms with Crippen molar-refractivity contribution < 1.29 is 22.7 Å². The van der Waals surface area contributed by atoms with Gasteiger partial charge in [0.05, 0.1) is 16.5 Å². The Hall–Kier alpha value is -2.13. The zero-order chi connectivity index (χ0) is 19.8. The molecule has 2 heterocycles. The van der Waals surface area contributed by atoms with Crippen molar-refractivity contribution in [2.45, 2.75) is 44.6 Å². The van der Waals surface area contributed by atoms with E-state index in [4.69, 9.17) is 4.74 Å². The zero-order valence-corrected chi connectivity index (χ0v) is 16.6. The van der Waals surface area contributed by atoms with Crippen LogP contribution in [0.25, 0.3) is 0 Å². The van der Waals surface area contributed by atoms with Crippen molar-refractivity contribution in [1.29, 1.82) is 0 Å². The fraction of sp³-hybridized carbons (Fsp3) is 0.556.